The van der Waals surface area contributed by atoms with Crippen molar-refractivity contribution in [2.75, 3.05) is 26.2 Å². The number of nitrogens with zero attached hydrogens (tertiary/aromatic N) is 2. The molecule has 0 saturated carbocycles. The van der Waals surface area contributed by atoms with Gasteiger partial charge in [-0.1, -0.05) is 12.1 Å². The van der Waals surface area contributed by atoms with Crippen molar-refractivity contribution in [1.82, 2.24) is 9.80 Å². The Balaban J connectivity index is 1.57. The molecule has 1 amide bonds. The molecule has 0 unspecified atom stereocenters. The van der Waals surface area contributed by atoms with Crippen molar-refractivity contribution in [3.63, 3.8) is 0 Å². The van der Waals surface area contributed by atoms with E-state index in [4.69, 9.17) is 0 Å². The minimum atomic E-state index is -0.195. The predicted octanol–water partition coefficient (Wildman–Crippen LogP) is 2.66. The minimum absolute atomic E-state index is 0.150. The molecule has 21 heavy (non-hydrogen) atoms. The molecule has 0 radical (unpaired) electrons. The first kappa shape index (κ1) is 14.5. The average Bonchev–Trinajstić information content (AvgIpc) is 3.03. The molecular weight excluding hydrogens is 267 g/mol. The zero-order chi connectivity index (χ0) is 14.7. The highest BCUT2D eigenvalue weighted by atomic mass is 19.1. The van der Waals surface area contributed by atoms with Gasteiger partial charge >= 0.3 is 0 Å². The highest BCUT2D eigenvalue weighted by molar-refractivity contribution is 5.79. The Morgan fingerprint density at radius 1 is 1.10 bits per heavy atom. The van der Waals surface area contributed by atoms with Crippen LogP contribution in [0.5, 0.6) is 0 Å². The van der Waals surface area contributed by atoms with Gasteiger partial charge in [0, 0.05) is 26.2 Å². The number of carbonyl (C=O) groups excluding carboxylic acids is 1. The minimum Gasteiger partial charge on any atom is -0.342 e. The van der Waals surface area contributed by atoms with E-state index in [0.717, 1.165) is 64.0 Å². The summed E-state index contributed by atoms with van der Waals surface area (Å²) in [7, 11) is 0. The summed E-state index contributed by atoms with van der Waals surface area (Å²) in [6, 6.07) is 6.68. The van der Waals surface area contributed by atoms with Gasteiger partial charge in [0.2, 0.25) is 5.91 Å². The van der Waals surface area contributed by atoms with Crippen LogP contribution >= 0.6 is 0 Å². The molecule has 0 aliphatic carbocycles. The Bertz CT molecular complexity index is 482. The number of likely N-dealkylation sites (tertiary alicyclic amines) is 2. The molecule has 1 aromatic rings. The number of hydrogen-bond donors (Lipinski definition) is 0. The molecule has 2 fully saturated rings. The molecule has 0 aromatic heterocycles. The van der Waals surface area contributed by atoms with E-state index in [2.05, 4.69) is 4.90 Å². The van der Waals surface area contributed by atoms with Crippen LogP contribution in [-0.4, -0.2) is 41.9 Å². The average molecular weight is 290 g/mol. The molecule has 1 atom stereocenters. The smallest absolute Gasteiger partial charge is 0.226 e. The summed E-state index contributed by atoms with van der Waals surface area (Å²) in [6.45, 7) is 4.55. The number of benzene rings is 1. The predicted molar refractivity (Wildman–Crippen MR) is 80.2 cm³/mol. The lowest BCUT2D eigenvalue weighted by Crippen LogP contribution is -2.43. The van der Waals surface area contributed by atoms with E-state index in [1.54, 1.807) is 0 Å². The van der Waals surface area contributed by atoms with Gasteiger partial charge in [-0.15, -0.1) is 0 Å². The van der Waals surface area contributed by atoms with Gasteiger partial charge in [0.25, 0.3) is 0 Å². The Hall–Kier alpha value is -1.42. The maximum atomic E-state index is 12.9. The monoisotopic (exact) mass is 290 g/mol. The van der Waals surface area contributed by atoms with Crippen LogP contribution in [0.3, 0.4) is 0 Å². The van der Waals surface area contributed by atoms with Gasteiger partial charge < -0.3 is 4.90 Å². The van der Waals surface area contributed by atoms with Crippen LogP contribution in [0.1, 0.15) is 31.2 Å². The van der Waals surface area contributed by atoms with E-state index in [9.17, 15) is 9.18 Å². The van der Waals surface area contributed by atoms with Crippen LogP contribution in [0.25, 0.3) is 0 Å². The molecule has 114 valence electrons. The summed E-state index contributed by atoms with van der Waals surface area (Å²) in [4.78, 5) is 16.9. The fourth-order valence-electron chi connectivity index (χ4n) is 3.44. The van der Waals surface area contributed by atoms with Gasteiger partial charge in [-0.2, -0.15) is 0 Å². The van der Waals surface area contributed by atoms with Crippen LogP contribution in [0.4, 0.5) is 4.39 Å². The van der Waals surface area contributed by atoms with E-state index in [1.165, 1.54) is 12.1 Å². The van der Waals surface area contributed by atoms with Crippen molar-refractivity contribution in [2.45, 2.75) is 32.2 Å². The standard InChI is InChI=1S/C17H23FN2O/c18-16-7-5-14(6-8-16)12-19-9-3-4-15(13-19)17(21)20-10-1-2-11-20/h5-8,15H,1-4,9-13H2/t15-/m0/s1. The van der Waals surface area contributed by atoms with Crippen LogP contribution in [0.2, 0.25) is 0 Å². The van der Waals surface area contributed by atoms with E-state index < -0.39 is 0 Å². The van der Waals surface area contributed by atoms with E-state index >= 15 is 0 Å². The van der Waals surface area contributed by atoms with E-state index in [-0.39, 0.29) is 11.7 Å². The molecule has 3 rings (SSSR count). The second-order valence-corrected chi connectivity index (χ2v) is 6.23. The second-order valence-electron chi connectivity index (χ2n) is 6.23. The molecule has 0 N–H and O–H groups in total. The van der Waals surface area contributed by atoms with Gasteiger partial charge in [-0.25, -0.2) is 4.39 Å². The lowest BCUT2D eigenvalue weighted by atomic mass is 9.96. The summed E-state index contributed by atoms with van der Waals surface area (Å²) >= 11 is 0. The number of rotatable bonds is 3. The van der Waals surface area contributed by atoms with Crippen molar-refractivity contribution in [2.24, 2.45) is 5.92 Å². The van der Waals surface area contributed by atoms with Crippen LogP contribution < -0.4 is 0 Å². The topological polar surface area (TPSA) is 23.6 Å². The Labute approximate surface area is 125 Å². The number of carbonyl (C=O) groups is 1. The summed E-state index contributed by atoms with van der Waals surface area (Å²) in [5.74, 6) is 0.299. The number of amides is 1. The van der Waals surface area contributed by atoms with Gasteiger partial charge in [0.05, 0.1) is 5.92 Å². The van der Waals surface area contributed by atoms with Gasteiger partial charge in [-0.05, 0) is 49.9 Å². The fraction of sp³-hybridized carbons (Fsp3) is 0.588. The molecule has 2 saturated heterocycles. The number of piperidine rings is 1. The number of halogens is 1. The molecule has 3 nitrogen and oxygen atoms in total. The molecule has 1 aromatic carbocycles. The lowest BCUT2D eigenvalue weighted by Gasteiger charge is -2.34. The summed E-state index contributed by atoms with van der Waals surface area (Å²) in [5, 5.41) is 0. The first-order valence-electron chi connectivity index (χ1n) is 7.98. The quantitative estimate of drug-likeness (QED) is 0.854. The second kappa shape index (κ2) is 6.56. The Morgan fingerprint density at radius 3 is 2.52 bits per heavy atom. The zero-order valence-corrected chi connectivity index (χ0v) is 12.4. The van der Waals surface area contributed by atoms with E-state index in [0.29, 0.717) is 5.91 Å². The molecule has 2 aliphatic rings. The van der Waals surface area contributed by atoms with Gasteiger partial charge in [0.1, 0.15) is 5.82 Å². The summed E-state index contributed by atoms with van der Waals surface area (Å²) in [6.07, 6.45) is 4.39. The molecule has 0 spiro atoms. The van der Waals surface area contributed by atoms with Crippen LogP contribution in [0.15, 0.2) is 24.3 Å². The summed E-state index contributed by atoms with van der Waals surface area (Å²) in [5.41, 5.74) is 1.12. The SMILES string of the molecule is O=C([C@H]1CCCN(Cc2ccc(F)cc2)C1)N1CCCC1. The largest absolute Gasteiger partial charge is 0.342 e. The zero-order valence-electron chi connectivity index (χ0n) is 12.4. The lowest BCUT2D eigenvalue weighted by molar-refractivity contribution is -0.136. The third-order valence-electron chi connectivity index (χ3n) is 4.59. The van der Waals surface area contributed by atoms with Crippen molar-refractivity contribution < 1.29 is 9.18 Å². The molecule has 2 aliphatic heterocycles. The third-order valence-corrected chi connectivity index (χ3v) is 4.59. The molecule has 4 heteroatoms. The molecule has 0 bridgehead atoms. The summed E-state index contributed by atoms with van der Waals surface area (Å²) < 4.78 is 12.9. The van der Waals surface area contributed by atoms with Crippen molar-refractivity contribution in [1.29, 1.82) is 0 Å². The number of hydrogen-bond acceptors (Lipinski definition) is 2. The first-order chi connectivity index (χ1) is 10.2. The maximum Gasteiger partial charge on any atom is 0.226 e. The molecular formula is C17H23FN2O. The van der Waals surface area contributed by atoms with Gasteiger partial charge in [-0.3, -0.25) is 9.69 Å². The van der Waals surface area contributed by atoms with Crippen LogP contribution in [0, 0.1) is 11.7 Å². The Morgan fingerprint density at radius 2 is 1.81 bits per heavy atom. The highest BCUT2D eigenvalue weighted by Crippen LogP contribution is 2.22. The molecule has 2 heterocycles. The third kappa shape index (κ3) is 3.62. The fourth-order valence-corrected chi connectivity index (χ4v) is 3.44. The Kier molecular flexibility index (Phi) is 4.54. The normalized spacial score (nSPS) is 23.5. The highest BCUT2D eigenvalue weighted by Gasteiger charge is 2.30. The van der Waals surface area contributed by atoms with Crippen LogP contribution in [-0.2, 0) is 11.3 Å². The maximum absolute atomic E-state index is 12.9. The van der Waals surface area contributed by atoms with E-state index in [1.807, 2.05) is 17.0 Å². The van der Waals surface area contributed by atoms with Crippen molar-refractivity contribution >= 4 is 5.91 Å². The van der Waals surface area contributed by atoms with Gasteiger partial charge in [0.15, 0.2) is 0 Å². The van der Waals surface area contributed by atoms with Crippen molar-refractivity contribution in [3.05, 3.63) is 35.6 Å². The first-order valence-corrected chi connectivity index (χ1v) is 7.98. The van der Waals surface area contributed by atoms with Crippen molar-refractivity contribution in [3.8, 4) is 0 Å².